The smallest absolute Gasteiger partial charge is 0.321 e. The number of aromatic nitrogens is 3. The summed E-state index contributed by atoms with van der Waals surface area (Å²) in [5.74, 6) is 0.246. The van der Waals surface area contributed by atoms with E-state index in [0.29, 0.717) is 22.5 Å². The maximum Gasteiger partial charge on any atom is 0.321 e. The van der Waals surface area contributed by atoms with Crippen LogP contribution < -0.4 is 10.1 Å². The number of fused-ring (bicyclic) bond motifs is 2. The normalized spacial score (nSPS) is 13.4. The number of aliphatic hydroxyl groups excluding tert-OH is 1. The van der Waals surface area contributed by atoms with E-state index in [1.54, 1.807) is 45.9 Å². The molecule has 0 aliphatic rings. The van der Waals surface area contributed by atoms with Crippen LogP contribution in [0.15, 0.2) is 47.4 Å². The van der Waals surface area contributed by atoms with E-state index >= 15 is 0 Å². The van der Waals surface area contributed by atoms with Crippen molar-refractivity contribution in [3.8, 4) is 6.01 Å². The lowest BCUT2D eigenvalue weighted by atomic mass is 10.2. The molecule has 0 saturated carbocycles. The van der Waals surface area contributed by atoms with Crippen LogP contribution in [0.2, 0.25) is 0 Å². The van der Waals surface area contributed by atoms with Gasteiger partial charge in [0.2, 0.25) is 6.29 Å². The van der Waals surface area contributed by atoms with Crippen LogP contribution in [0.1, 0.15) is 34.1 Å². The number of anilines is 2. The second kappa shape index (κ2) is 8.27. The van der Waals surface area contributed by atoms with E-state index in [0.717, 1.165) is 10.2 Å². The number of thiazole rings is 1. The molecule has 0 radical (unpaired) electrons. The predicted molar refractivity (Wildman–Crippen MR) is 126 cm³/mol. The maximum absolute atomic E-state index is 13.4. The van der Waals surface area contributed by atoms with Crippen molar-refractivity contribution in [2.45, 2.75) is 50.0 Å². The minimum atomic E-state index is -3.71. The Morgan fingerprint density at radius 3 is 2.47 bits per heavy atom. The molecule has 0 spiro atoms. The summed E-state index contributed by atoms with van der Waals surface area (Å²) < 4.78 is 32.1. The molecular formula is C22H24N4O4S2. The van der Waals surface area contributed by atoms with Gasteiger partial charge < -0.3 is 15.2 Å². The van der Waals surface area contributed by atoms with Crippen LogP contribution in [0.25, 0.3) is 21.1 Å². The topological polar surface area (TPSA) is 114 Å². The van der Waals surface area contributed by atoms with Gasteiger partial charge in [0.25, 0.3) is 0 Å². The Labute approximate surface area is 190 Å². The summed E-state index contributed by atoms with van der Waals surface area (Å²) in [5.41, 5.74) is 1.20. The predicted octanol–water partition coefficient (Wildman–Crippen LogP) is 4.66. The number of ether oxygens (including phenoxy) is 1. The molecule has 2 aromatic carbocycles. The lowest BCUT2D eigenvalue weighted by Gasteiger charge is -2.21. The molecule has 0 aliphatic carbocycles. The van der Waals surface area contributed by atoms with Crippen LogP contribution in [0.5, 0.6) is 6.01 Å². The van der Waals surface area contributed by atoms with Gasteiger partial charge in [0.15, 0.2) is 15.0 Å². The van der Waals surface area contributed by atoms with Gasteiger partial charge in [0.05, 0.1) is 30.8 Å². The average Bonchev–Trinajstić information content (AvgIpc) is 3.14. The van der Waals surface area contributed by atoms with Crippen molar-refractivity contribution in [2.24, 2.45) is 0 Å². The molecule has 0 fully saturated rings. The molecule has 10 heteroatoms. The van der Waals surface area contributed by atoms with Crippen LogP contribution in [-0.2, 0) is 9.84 Å². The SMILES string of the molecule is CC[C@H](O)Oc1nc(Nc2nc3ccccc3s2)c2c(S(=O)(=O)C(C)(C)C)cccc2n1. The van der Waals surface area contributed by atoms with Gasteiger partial charge in [-0.25, -0.2) is 13.4 Å². The molecule has 32 heavy (non-hydrogen) atoms. The zero-order chi connectivity index (χ0) is 23.1. The minimum Gasteiger partial charge on any atom is -0.434 e. The van der Waals surface area contributed by atoms with E-state index in [4.69, 9.17) is 4.74 Å². The first-order valence-electron chi connectivity index (χ1n) is 10.1. The third kappa shape index (κ3) is 4.13. The first-order valence-corrected chi connectivity index (χ1v) is 12.4. The minimum absolute atomic E-state index is 0.0548. The van der Waals surface area contributed by atoms with E-state index in [1.165, 1.54) is 11.3 Å². The third-order valence-corrected chi connectivity index (χ3v) is 8.35. The molecule has 2 heterocycles. The Kier molecular flexibility index (Phi) is 5.78. The molecule has 1 atom stereocenters. The highest BCUT2D eigenvalue weighted by atomic mass is 32.2. The van der Waals surface area contributed by atoms with Crippen LogP contribution in [0.4, 0.5) is 10.9 Å². The van der Waals surface area contributed by atoms with E-state index in [1.807, 2.05) is 24.3 Å². The van der Waals surface area contributed by atoms with E-state index < -0.39 is 20.9 Å². The molecule has 8 nitrogen and oxygen atoms in total. The van der Waals surface area contributed by atoms with E-state index in [-0.39, 0.29) is 16.7 Å². The molecule has 0 amide bonds. The standard InChI is InChI=1S/C22H24N4O4S2/c1-5-17(27)30-20-23-14-10-8-12-16(32(28,29)22(2,3)4)18(14)19(25-20)26-21-24-13-9-6-7-11-15(13)31-21/h6-12,17,27H,5H2,1-4H3,(H,23,24,25,26)/t17-/m1/s1. The fourth-order valence-electron chi connectivity index (χ4n) is 3.06. The van der Waals surface area contributed by atoms with Crippen molar-refractivity contribution in [1.82, 2.24) is 15.0 Å². The highest BCUT2D eigenvalue weighted by molar-refractivity contribution is 7.93. The van der Waals surface area contributed by atoms with Crippen molar-refractivity contribution in [1.29, 1.82) is 0 Å². The Morgan fingerprint density at radius 1 is 1.06 bits per heavy atom. The number of benzene rings is 2. The quantitative estimate of drug-likeness (QED) is 0.389. The number of para-hydroxylation sites is 1. The van der Waals surface area contributed by atoms with Gasteiger partial charge in [-0.1, -0.05) is 36.5 Å². The first kappa shape index (κ1) is 22.4. The molecule has 2 N–H and O–H groups in total. The average molecular weight is 473 g/mol. The Balaban J connectivity index is 1.94. The number of nitrogens with one attached hydrogen (secondary N) is 1. The van der Waals surface area contributed by atoms with Gasteiger partial charge in [-0.05, 0) is 45.0 Å². The molecule has 0 bridgehead atoms. The Morgan fingerprint density at radius 2 is 1.78 bits per heavy atom. The summed E-state index contributed by atoms with van der Waals surface area (Å²) in [6, 6.07) is 12.5. The van der Waals surface area contributed by atoms with Crippen molar-refractivity contribution >= 4 is 53.2 Å². The van der Waals surface area contributed by atoms with E-state index in [9.17, 15) is 13.5 Å². The highest BCUT2D eigenvalue weighted by Crippen LogP contribution is 2.37. The van der Waals surface area contributed by atoms with Gasteiger partial charge in [-0.3, -0.25) is 0 Å². The molecular weight excluding hydrogens is 448 g/mol. The summed E-state index contributed by atoms with van der Waals surface area (Å²) in [4.78, 5) is 13.4. The van der Waals surface area contributed by atoms with Crippen LogP contribution in [0.3, 0.4) is 0 Å². The molecule has 0 unspecified atom stereocenters. The van der Waals surface area contributed by atoms with Crippen LogP contribution in [-0.4, -0.2) is 39.5 Å². The van der Waals surface area contributed by atoms with E-state index in [2.05, 4.69) is 20.3 Å². The van der Waals surface area contributed by atoms with Gasteiger partial charge in [0, 0.05) is 6.42 Å². The maximum atomic E-state index is 13.4. The van der Waals surface area contributed by atoms with Gasteiger partial charge in [0.1, 0.15) is 5.82 Å². The Bertz CT molecular complexity index is 1360. The number of rotatable bonds is 6. The summed E-state index contributed by atoms with van der Waals surface area (Å²) in [5, 5.41) is 14.0. The molecule has 168 valence electrons. The largest absolute Gasteiger partial charge is 0.434 e. The summed E-state index contributed by atoms with van der Waals surface area (Å²) in [6.07, 6.45) is -0.732. The zero-order valence-electron chi connectivity index (χ0n) is 18.2. The van der Waals surface area contributed by atoms with Gasteiger partial charge in [-0.2, -0.15) is 9.97 Å². The fourth-order valence-corrected chi connectivity index (χ4v) is 5.31. The lowest BCUT2D eigenvalue weighted by molar-refractivity contribution is -0.0253. The second-order valence-corrected chi connectivity index (χ2v) is 11.9. The summed E-state index contributed by atoms with van der Waals surface area (Å²) >= 11 is 1.42. The molecule has 4 aromatic rings. The number of nitrogens with zero attached hydrogens (tertiary/aromatic N) is 3. The van der Waals surface area contributed by atoms with Crippen LogP contribution >= 0.6 is 11.3 Å². The number of sulfone groups is 1. The third-order valence-electron chi connectivity index (χ3n) is 4.87. The lowest BCUT2D eigenvalue weighted by Crippen LogP contribution is -2.28. The molecule has 0 aliphatic heterocycles. The fraction of sp³-hybridized carbons (Fsp3) is 0.318. The van der Waals surface area contributed by atoms with Crippen molar-refractivity contribution in [3.63, 3.8) is 0 Å². The number of hydrogen-bond acceptors (Lipinski definition) is 9. The highest BCUT2D eigenvalue weighted by Gasteiger charge is 2.33. The van der Waals surface area contributed by atoms with Gasteiger partial charge >= 0.3 is 6.01 Å². The number of aliphatic hydroxyl groups is 1. The Hall–Kier alpha value is -2.82. The monoisotopic (exact) mass is 472 g/mol. The van der Waals surface area contributed by atoms with Gasteiger partial charge in [-0.15, -0.1) is 0 Å². The van der Waals surface area contributed by atoms with Crippen molar-refractivity contribution < 1.29 is 18.3 Å². The molecule has 4 rings (SSSR count). The zero-order valence-corrected chi connectivity index (χ0v) is 19.8. The van der Waals surface area contributed by atoms with Crippen molar-refractivity contribution in [3.05, 3.63) is 42.5 Å². The summed E-state index contributed by atoms with van der Waals surface area (Å²) in [6.45, 7) is 6.72. The second-order valence-electron chi connectivity index (χ2n) is 8.21. The van der Waals surface area contributed by atoms with Crippen LogP contribution in [0, 0.1) is 0 Å². The molecule has 0 saturated heterocycles. The van der Waals surface area contributed by atoms with Crippen molar-refractivity contribution in [2.75, 3.05) is 5.32 Å². The number of hydrogen-bond donors (Lipinski definition) is 2. The first-order chi connectivity index (χ1) is 15.1. The molecule has 2 aromatic heterocycles. The summed E-state index contributed by atoms with van der Waals surface area (Å²) in [7, 11) is -3.71.